The second kappa shape index (κ2) is 5.87. The molecule has 0 aliphatic rings. The van der Waals surface area contributed by atoms with Crippen LogP contribution in [0.15, 0.2) is 41.6 Å². The summed E-state index contributed by atoms with van der Waals surface area (Å²) >= 11 is 1.74. The molecule has 1 heterocycles. The zero-order valence-corrected chi connectivity index (χ0v) is 11.7. The number of hydrogen-bond donors (Lipinski definition) is 1. The van der Waals surface area contributed by atoms with E-state index in [1.165, 1.54) is 4.90 Å². The normalized spacial score (nSPS) is 12.2. The van der Waals surface area contributed by atoms with Gasteiger partial charge in [-0.2, -0.15) is 0 Å². The fourth-order valence-electron chi connectivity index (χ4n) is 1.87. The Labute approximate surface area is 112 Å². The highest BCUT2D eigenvalue weighted by molar-refractivity contribution is 7.98. The largest absolute Gasteiger partial charge is 0.377 e. The highest BCUT2D eigenvalue weighted by atomic mass is 32.2. The van der Waals surface area contributed by atoms with Crippen molar-refractivity contribution < 1.29 is 0 Å². The number of thioether (sulfide) groups is 1. The predicted molar refractivity (Wildman–Crippen MR) is 77.0 cm³/mol. The van der Waals surface area contributed by atoms with Gasteiger partial charge in [-0.25, -0.2) is 0 Å². The van der Waals surface area contributed by atoms with E-state index in [1.807, 2.05) is 6.92 Å². The van der Waals surface area contributed by atoms with E-state index in [1.54, 1.807) is 24.2 Å². The van der Waals surface area contributed by atoms with Crippen LogP contribution in [0.2, 0.25) is 0 Å². The smallest absolute Gasteiger partial charge is 0.0835 e. The van der Waals surface area contributed by atoms with E-state index < -0.39 is 0 Å². The molecule has 94 valence electrons. The van der Waals surface area contributed by atoms with Crippen molar-refractivity contribution >= 4 is 17.4 Å². The third kappa shape index (κ3) is 3.01. The zero-order valence-electron chi connectivity index (χ0n) is 10.8. The van der Waals surface area contributed by atoms with Crippen molar-refractivity contribution in [2.24, 2.45) is 0 Å². The highest BCUT2D eigenvalue weighted by Gasteiger charge is 2.10. The molecule has 1 N–H and O–H groups in total. The standard InChI is InChI=1S/C14H17N3S/c1-10-14(16-8-7-15-10)11(2)17-12-5-4-6-13(9-12)18-3/h4-9,11,17H,1-3H3. The Hall–Kier alpha value is -1.55. The van der Waals surface area contributed by atoms with Crippen LogP contribution in [0.5, 0.6) is 0 Å². The maximum Gasteiger partial charge on any atom is 0.0835 e. The lowest BCUT2D eigenvalue weighted by Gasteiger charge is -2.16. The average molecular weight is 259 g/mol. The molecule has 0 aliphatic heterocycles. The van der Waals surface area contributed by atoms with Gasteiger partial charge in [0.15, 0.2) is 0 Å². The Bertz CT molecular complexity index is 528. The molecule has 0 saturated carbocycles. The van der Waals surface area contributed by atoms with Crippen LogP contribution in [0.1, 0.15) is 24.4 Å². The summed E-state index contributed by atoms with van der Waals surface area (Å²) in [7, 11) is 0. The van der Waals surface area contributed by atoms with Crippen molar-refractivity contribution in [3.05, 3.63) is 48.0 Å². The van der Waals surface area contributed by atoms with Gasteiger partial charge < -0.3 is 5.32 Å². The van der Waals surface area contributed by atoms with Gasteiger partial charge in [-0.15, -0.1) is 11.8 Å². The molecule has 1 aromatic heterocycles. The molecule has 2 rings (SSSR count). The minimum Gasteiger partial charge on any atom is -0.377 e. The number of hydrogen-bond acceptors (Lipinski definition) is 4. The molecule has 1 atom stereocenters. The van der Waals surface area contributed by atoms with Gasteiger partial charge in [0.1, 0.15) is 0 Å². The molecule has 3 nitrogen and oxygen atoms in total. The second-order valence-corrected chi connectivity index (χ2v) is 5.00. The van der Waals surface area contributed by atoms with E-state index >= 15 is 0 Å². The minimum atomic E-state index is 0.149. The van der Waals surface area contributed by atoms with Crippen LogP contribution >= 0.6 is 11.8 Å². The first-order valence-corrected chi connectivity index (χ1v) is 7.11. The summed E-state index contributed by atoms with van der Waals surface area (Å²) in [6.45, 7) is 4.08. The molecule has 0 spiro atoms. The van der Waals surface area contributed by atoms with Gasteiger partial charge in [0.25, 0.3) is 0 Å². The third-order valence-corrected chi connectivity index (χ3v) is 3.51. The van der Waals surface area contributed by atoms with Crippen molar-refractivity contribution in [2.45, 2.75) is 24.8 Å². The molecule has 0 fully saturated rings. The van der Waals surface area contributed by atoms with Gasteiger partial charge in [-0.05, 0) is 38.3 Å². The number of benzene rings is 1. The van der Waals surface area contributed by atoms with Gasteiger partial charge >= 0.3 is 0 Å². The monoisotopic (exact) mass is 259 g/mol. The molecular weight excluding hydrogens is 242 g/mol. The zero-order chi connectivity index (χ0) is 13.0. The van der Waals surface area contributed by atoms with Crippen molar-refractivity contribution in [3.8, 4) is 0 Å². The summed E-state index contributed by atoms with van der Waals surface area (Å²) in [5, 5.41) is 3.46. The fraction of sp³-hybridized carbons (Fsp3) is 0.286. The Kier molecular flexibility index (Phi) is 4.20. The molecule has 0 aliphatic carbocycles. The van der Waals surface area contributed by atoms with Crippen molar-refractivity contribution in [1.82, 2.24) is 9.97 Å². The molecule has 0 amide bonds. The number of rotatable bonds is 4. The molecule has 2 aromatic rings. The topological polar surface area (TPSA) is 37.8 Å². The lowest BCUT2D eigenvalue weighted by Crippen LogP contribution is -2.10. The van der Waals surface area contributed by atoms with Crippen LogP contribution in [0.25, 0.3) is 0 Å². The lowest BCUT2D eigenvalue weighted by molar-refractivity contribution is 0.809. The maximum absolute atomic E-state index is 4.39. The van der Waals surface area contributed by atoms with Crippen LogP contribution in [-0.4, -0.2) is 16.2 Å². The number of aryl methyl sites for hydroxylation is 1. The van der Waals surface area contributed by atoms with E-state index in [4.69, 9.17) is 0 Å². The van der Waals surface area contributed by atoms with Gasteiger partial charge in [-0.3, -0.25) is 9.97 Å². The van der Waals surface area contributed by atoms with Crippen molar-refractivity contribution in [3.63, 3.8) is 0 Å². The van der Waals surface area contributed by atoms with E-state index in [0.29, 0.717) is 0 Å². The summed E-state index contributed by atoms with van der Waals surface area (Å²) in [4.78, 5) is 9.91. The Morgan fingerprint density at radius 3 is 2.72 bits per heavy atom. The molecule has 1 unspecified atom stereocenters. The lowest BCUT2D eigenvalue weighted by atomic mass is 10.2. The van der Waals surface area contributed by atoms with Crippen LogP contribution in [0.4, 0.5) is 5.69 Å². The third-order valence-electron chi connectivity index (χ3n) is 2.78. The quantitative estimate of drug-likeness (QED) is 0.850. The first kappa shape index (κ1) is 12.9. The Morgan fingerprint density at radius 2 is 2.00 bits per heavy atom. The number of aromatic nitrogens is 2. The average Bonchev–Trinajstić information content (AvgIpc) is 2.39. The van der Waals surface area contributed by atoms with Crippen LogP contribution < -0.4 is 5.32 Å². The summed E-state index contributed by atoms with van der Waals surface area (Å²) in [5.74, 6) is 0. The van der Waals surface area contributed by atoms with Crippen molar-refractivity contribution in [1.29, 1.82) is 0 Å². The Morgan fingerprint density at radius 1 is 1.22 bits per heavy atom. The molecular formula is C14H17N3S. The summed E-state index contributed by atoms with van der Waals surface area (Å²) < 4.78 is 0. The van der Waals surface area contributed by atoms with Gasteiger partial charge in [0, 0.05) is 23.0 Å². The predicted octanol–water partition coefficient (Wildman–Crippen LogP) is 3.68. The molecule has 0 saturated heterocycles. The van der Waals surface area contributed by atoms with Crippen molar-refractivity contribution in [2.75, 3.05) is 11.6 Å². The minimum absolute atomic E-state index is 0.149. The fourth-order valence-corrected chi connectivity index (χ4v) is 2.33. The van der Waals surface area contributed by atoms with E-state index in [2.05, 4.69) is 52.7 Å². The molecule has 1 aromatic carbocycles. The summed E-state index contributed by atoms with van der Waals surface area (Å²) in [6, 6.07) is 8.53. The molecule has 4 heteroatoms. The van der Waals surface area contributed by atoms with E-state index in [9.17, 15) is 0 Å². The number of nitrogens with one attached hydrogen (secondary N) is 1. The first-order valence-electron chi connectivity index (χ1n) is 5.89. The molecule has 18 heavy (non-hydrogen) atoms. The SMILES string of the molecule is CSc1cccc(NC(C)c2nccnc2C)c1. The van der Waals surface area contributed by atoms with E-state index in [-0.39, 0.29) is 6.04 Å². The van der Waals surface area contributed by atoms with Crippen LogP contribution in [0, 0.1) is 6.92 Å². The number of nitrogens with zero attached hydrogens (tertiary/aromatic N) is 2. The first-order chi connectivity index (χ1) is 8.70. The number of anilines is 1. The molecule has 0 radical (unpaired) electrons. The second-order valence-electron chi connectivity index (χ2n) is 4.12. The van der Waals surface area contributed by atoms with E-state index in [0.717, 1.165) is 17.1 Å². The van der Waals surface area contributed by atoms with Crippen LogP contribution in [0.3, 0.4) is 0 Å². The maximum atomic E-state index is 4.39. The highest BCUT2D eigenvalue weighted by Crippen LogP contribution is 2.23. The summed E-state index contributed by atoms with van der Waals surface area (Å²) in [6.07, 6.45) is 5.54. The molecule has 0 bridgehead atoms. The van der Waals surface area contributed by atoms with Gasteiger partial charge in [0.05, 0.1) is 17.4 Å². The summed E-state index contributed by atoms with van der Waals surface area (Å²) in [5.41, 5.74) is 3.07. The van der Waals surface area contributed by atoms with Crippen LogP contribution in [-0.2, 0) is 0 Å². The Balaban J connectivity index is 2.16. The van der Waals surface area contributed by atoms with Gasteiger partial charge in [-0.1, -0.05) is 6.07 Å². The van der Waals surface area contributed by atoms with Gasteiger partial charge in [0.2, 0.25) is 0 Å².